The van der Waals surface area contributed by atoms with E-state index in [0.717, 1.165) is 22.8 Å². The number of nitrogens with zero attached hydrogens (tertiary/aromatic N) is 2. The fraction of sp³-hybridized carbons (Fsp3) is 0.154. The van der Waals surface area contributed by atoms with Gasteiger partial charge in [-0.3, -0.25) is 4.79 Å². The summed E-state index contributed by atoms with van der Waals surface area (Å²) in [6.07, 6.45) is 5.36. The normalized spacial score (nSPS) is 12.3. The Labute approximate surface area is 203 Å². The van der Waals surface area contributed by atoms with E-state index in [0.29, 0.717) is 6.54 Å². The number of nitrogens with one attached hydrogen (secondary N) is 2. The second-order valence-electron chi connectivity index (χ2n) is 8.02. The predicted molar refractivity (Wildman–Crippen MR) is 130 cm³/mol. The minimum Gasteiger partial charge on any atom is -0.351 e. The zero-order valence-electron chi connectivity index (χ0n) is 18.8. The minimum atomic E-state index is -4.28. The lowest BCUT2D eigenvalue weighted by Gasteiger charge is -2.20. The van der Waals surface area contributed by atoms with Crippen molar-refractivity contribution in [1.29, 1.82) is 0 Å². The molecule has 1 amide bonds. The molecule has 0 unspecified atom stereocenters. The molecule has 0 aliphatic rings. The quantitative estimate of drug-likeness (QED) is 0.355. The number of halogens is 1. The maximum absolute atomic E-state index is 14.2. The number of carbonyl (C=O) groups excluding carboxylic acids is 1. The van der Waals surface area contributed by atoms with Crippen molar-refractivity contribution in [1.82, 2.24) is 19.6 Å². The second kappa shape index (κ2) is 11.1. The molecule has 1 aromatic heterocycles. The number of hydrogen-bond donors (Lipinski definition) is 2. The van der Waals surface area contributed by atoms with Crippen LogP contribution >= 0.6 is 0 Å². The lowest BCUT2D eigenvalue weighted by molar-refractivity contribution is -0.122. The molecule has 3 aromatic carbocycles. The van der Waals surface area contributed by atoms with Crippen LogP contribution in [-0.2, 0) is 34.3 Å². The number of hydrogen-bond acceptors (Lipinski definition) is 4. The number of sulfonamides is 1. The first-order valence-electron chi connectivity index (χ1n) is 11.0. The zero-order valence-corrected chi connectivity index (χ0v) is 19.7. The number of benzene rings is 3. The molecule has 7 nitrogen and oxygen atoms in total. The Morgan fingerprint density at radius 1 is 0.943 bits per heavy atom. The summed E-state index contributed by atoms with van der Waals surface area (Å²) in [7, 11) is -4.28. The highest BCUT2D eigenvalue weighted by Crippen LogP contribution is 2.16. The maximum Gasteiger partial charge on any atom is 0.244 e. The molecule has 0 radical (unpaired) electrons. The second-order valence-corrected chi connectivity index (χ2v) is 9.70. The maximum atomic E-state index is 14.2. The summed E-state index contributed by atoms with van der Waals surface area (Å²) in [4.78, 5) is 16.7. The third kappa shape index (κ3) is 6.40. The van der Waals surface area contributed by atoms with Crippen molar-refractivity contribution in [3.8, 4) is 0 Å². The zero-order chi connectivity index (χ0) is 24.7. The van der Waals surface area contributed by atoms with Gasteiger partial charge in [0.1, 0.15) is 16.8 Å². The van der Waals surface area contributed by atoms with Crippen molar-refractivity contribution in [3.05, 3.63) is 120 Å². The fourth-order valence-corrected chi connectivity index (χ4v) is 4.99. The Kier molecular flexibility index (Phi) is 7.69. The van der Waals surface area contributed by atoms with Crippen LogP contribution in [0.4, 0.5) is 4.39 Å². The highest BCUT2D eigenvalue weighted by atomic mass is 32.2. The molecule has 0 fully saturated rings. The van der Waals surface area contributed by atoms with E-state index in [2.05, 4.69) is 15.0 Å². The largest absolute Gasteiger partial charge is 0.351 e. The van der Waals surface area contributed by atoms with Crippen molar-refractivity contribution in [2.24, 2.45) is 0 Å². The van der Waals surface area contributed by atoms with Gasteiger partial charge in [0.15, 0.2) is 0 Å². The van der Waals surface area contributed by atoms with Gasteiger partial charge in [-0.2, -0.15) is 4.72 Å². The standard InChI is InChI=1S/C26H25FN4O3S/c27-23-12-6-7-13-25(23)35(33,34)30-24(16-20-8-2-1-3-9-20)26(32)29-17-21-10-4-5-11-22(21)18-31-15-14-28-19-31/h1-15,19,24,30H,16-18H2,(H,29,32)/t24-/m0/s1. The van der Waals surface area contributed by atoms with Gasteiger partial charge < -0.3 is 9.88 Å². The Morgan fingerprint density at radius 3 is 2.34 bits per heavy atom. The summed E-state index contributed by atoms with van der Waals surface area (Å²) in [6, 6.07) is 20.7. The van der Waals surface area contributed by atoms with Gasteiger partial charge in [-0.05, 0) is 35.2 Å². The number of imidazole rings is 1. The van der Waals surface area contributed by atoms with Gasteiger partial charge in [0.25, 0.3) is 0 Å². The van der Waals surface area contributed by atoms with E-state index in [4.69, 9.17) is 0 Å². The summed E-state index contributed by atoms with van der Waals surface area (Å²) in [6.45, 7) is 0.788. The van der Waals surface area contributed by atoms with E-state index in [-0.39, 0.29) is 13.0 Å². The lowest BCUT2D eigenvalue weighted by Crippen LogP contribution is -2.47. The Bertz CT molecular complexity index is 1380. The van der Waals surface area contributed by atoms with Crippen LogP contribution in [0.25, 0.3) is 0 Å². The lowest BCUT2D eigenvalue weighted by atomic mass is 10.1. The average Bonchev–Trinajstić information content (AvgIpc) is 3.37. The van der Waals surface area contributed by atoms with Crippen LogP contribution in [0.2, 0.25) is 0 Å². The Hall–Kier alpha value is -3.82. The molecule has 0 saturated heterocycles. The van der Waals surface area contributed by atoms with Crippen LogP contribution in [0.5, 0.6) is 0 Å². The smallest absolute Gasteiger partial charge is 0.244 e. The van der Waals surface area contributed by atoms with E-state index >= 15 is 0 Å². The van der Waals surface area contributed by atoms with Gasteiger partial charge in [0.2, 0.25) is 15.9 Å². The first kappa shape index (κ1) is 24.3. The summed E-state index contributed by atoms with van der Waals surface area (Å²) in [5, 5.41) is 2.84. The topological polar surface area (TPSA) is 93.1 Å². The van der Waals surface area contributed by atoms with Crippen molar-refractivity contribution >= 4 is 15.9 Å². The molecule has 4 aromatic rings. The van der Waals surface area contributed by atoms with E-state index < -0.39 is 32.7 Å². The summed E-state index contributed by atoms with van der Waals surface area (Å²) >= 11 is 0. The number of aromatic nitrogens is 2. The van der Waals surface area contributed by atoms with Gasteiger partial charge in [0.05, 0.1) is 6.33 Å². The van der Waals surface area contributed by atoms with Crippen molar-refractivity contribution in [2.45, 2.75) is 30.4 Å². The van der Waals surface area contributed by atoms with E-state index in [1.165, 1.54) is 18.2 Å². The molecule has 35 heavy (non-hydrogen) atoms. The molecule has 4 rings (SSSR count). The van der Waals surface area contributed by atoms with E-state index in [1.807, 2.05) is 53.2 Å². The van der Waals surface area contributed by atoms with Crippen LogP contribution in [0.15, 0.2) is 102 Å². The third-order valence-corrected chi connectivity index (χ3v) is 7.01. The number of amides is 1. The van der Waals surface area contributed by atoms with Crippen molar-refractivity contribution < 1.29 is 17.6 Å². The molecule has 0 aliphatic heterocycles. The fourth-order valence-electron chi connectivity index (χ4n) is 3.72. The van der Waals surface area contributed by atoms with Crippen molar-refractivity contribution in [3.63, 3.8) is 0 Å². The Balaban J connectivity index is 1.53. The molecule has 1 heterocycles. The van der Waals surface area contributed by atoms with Gasteiger partial charge in [-0.1, -0.05) is 66.7 Å². The molecule has 2 N–H and O–H groups in total. The van der Waals surface area contributed by atoms with Gasteiger partial charge in [-0.25, -0.2) is 17.8 Å². The predicted octanol–water partition coefficient (Wildman–Crippen LogP) is 3.28. The van der Waals surface area contributed by atoms with Crippen LogP contribution < -0.4 is 10.0 Å². The number of rotatable bonds is 10. The summed E-state index contributed by atoms with van der Waals surface area (Å²) < 4.78 is 44.4. The third-order valence-electron chi connectivity index (χ3n) is 5.51. The van der Waals surface area contributed by atoms with Crippen LogP contribution in [0.3, 0.4) is 0 Å². The van der Waals surface area contributed by atoms with Crippen LogP contribution in [-0.4, -0.2) is 29.9 Å². The molecule has 0 saturated carbocycles. The summed E-state index contributed by atoms with van der Waals surface area (Å²) in [5.74, 6) is -1.39. The highest BCUT2D eigenvalue weighted by molar-refractivity contribution is 7.89. The average molecular weight is 493 g/mol. The van der Waals surface area contributed by atoms with Crippen LogP contribution in [0, 0.1) is 5.82 Å². The van der Waals surface area contributed by atoms with Gasteiger partial charge in [0, 0.05) is 25.5 Å². The molecule has 9 heteroatoms. The first-order chi connectivity index (χ1) is 16.9. The molecule has 180 valence electrons. The Morgan fingerprint density at radius 2 is 1.63 bits per heavy atom. The molecule has 1 atom stereocenters. The highest BCUT2D eigenvalue weighted by Gasteiger charge is 2.28. The monoisotopic (exact) mass is 492 g/mol. The molecule has 0 aliphatic carbocycles. The van der Waals surface area contributed by atoms with Gasteiger partial charge in [-0.15, -0.1) is 0 Å². The van der Waals surface area contributed by atoms with Crippen LogP contribution in [0.1, 0.15) is 16.7 Å². The van der Waals surface area contributed by atoms with E-state index in [1.54, 1.807) is 24.7 Å². The number of carbonyl (C=O) groups is 1. The molecule has 0 spiro atoms. The molecular formula is C26H25FN4O3S. The first-order valence-corrected chi connectivity index (χ1v) is 12.5. The van der Waals surface area contributed by atoms with Gasteiger partial charge >= 0.3 is 0 Å². The SMILES string of the molecule is O=C(NCc1ccccc1Cn1ccnc1)[C@H](Cc1ccccc1)NS(=O)(=O)c1ccccc1F. The minimum absolute atomic E-state index is 0.108. The van der Waals surface area contributed by atoms with E-state index in [9.17, 15) is 17.6 Å². The van der Waals surface area contributed by atoms with Crippen molar-refractivity contribution in [2.75, 3.05) is 0 Å². The summed E-state index contributed by atoms with van der Waals surface area (Å²) in [5.41, 5.74) is 2.66. The molecule has 0 bridgehead atoms. The molecular weight excluding hydrogens is 467 g/mol.